The molecule has 0 aliphatic carbocycles. The van der Waals surface area contributed by atoms with Crippen LogP contribution in [0.4, 0.5) is 5.69 Å². The zero-order chi connectivity index (χ0) is 21.0. The highest BCUT2D eigenvalue weighted by atomic mass is 16.6. The highest BCUT2D eigenvalue weighted by Gasteiger charge is 2.25. The number of carboxylic acid groups (broad SMARTS) is 1. The molecule has 0 fully saturated rings. The minimum absolute atomic E-state index is 0.0651. The molecule has 1 unspecified atom stereocenters. The number of esters is 1. The van der Waals surface area contributed by atoms with E-state index in [-0.39, 0.29) is 45.9 Å². The van der Waals surface area contributed by atoms with Crippen molar-refractivity contribution >= 4 is 17.6 Å². The number of aromatic nitrogens is 1. The second-order valence-electron chi connectivity index (χ2n) is 6.16. The first-order chi connectivity index (χ1) is 13.2. The number of carbonyl (C=O) groups is 2. The molecule has 1 aromatic carbocycles. The number of non-ortho nitro benzene ring substituents is 1. The zero-order valence-corrected chi connectivity index (χ0v) is 15.6. The number of nitro groups is 1. The van der Waals surface area contributed by atoms with Gasteiger partial charge in [0, 0.05) is 29.0 Å². The quantitative estimate of drug-likeness (QED) is 0.428. The Hall–Kier alpha value is -3.33. The Bertz CT molecular complexity index is 940. The normalized spacial score (nSPS) is 11.7. The molecule has 9 nitrogen and oxygen atoms in total. The predicted octanol–water partition coefficient (Wildman–Crippen LogP) is 1.56. The van der Waals surface area contributed by atoms with Crippen LogP contribution in [0.3, 0.4) is 0 Å². The summed E-state index contributed by atoms with van der Waals surface area (Å²) in [6.07, 6.45) is -0.509. The van der Waals surface area contributed by atoms with E-state index in [0.717, 1.165) is 0 Å². The second kappa shape index (κ2) is 8.57. The standard InChI is InChI=1S/C19H20N2O7/c1-4-14(22)9-28-19(25)16-11(3)20-10(2)15(18(23)24)17(16)12-6-5-7-13(8-12)21(26)27/h5-8,14,22H,4,9H2,1-3H3,(H,23,24)/p-1. The van der Waals surface area contributed by atoms with Crippen molar-refractivity contribution in [2.75, 3.05) is 6.61 Å². The first-order valence-electron chi connectivity index (χ1n) is 8.49. The van der Waals surface area contributed by atoms with Crippen LogP contribution >= 0.6 is 0 Å². The lowest BCUT2D eigenvalue weighted by molar-refractivity contribution is -0.384. The number of aromatic carboxylic acids is 1. The van der Waals surface area contributed by atoms with Crippen molar-refractivity contribution in [1.29, 1.82) is 0 Å². The van der Waals surface area contributed by atoms with E-state index < -0.39 is 23.0 Å². The Morgan fingerprint density at radius 2 is 1.89 bits per heavy atom. The van der Waals surface area contributed by atoms with Gasteiger partial charge in [0.25, 0.3) is 5.69 Å². The maximum absolute atomic E-state index is 12.7. The molecule has 0 aliphatic rings. The SMILES string of the molecule is CCC(O)COC(=O)c1c(C)nc(C)c(C(=O)[O-])c1-c1cccc([N+](=O)[O-])c1. The van der Waals surface area contributed by atoms with Gasteiger partial charge in [-0.05, 0) is 25.8 Å². The summed E-state index contributed by atoms with van der Waals surface area (Å²) < 4.78 is 5.10. The van der Waals surface area contributed by atoms with Gasteiger partial charge in [-0.2, -0.15) is 0 Å². The lowest BCUT2D eigenvalue weighted by Gasteiger charge is -2.19. The Balaban J connectivity index is 2.73. The van der Waals surface area contributed by atoms with Crippen LogP contribution < -0.4 is 5.11 Å². The third-order valence-corrected chi connectivity index (χ3v) is 4.19. The second-order valence-corrected chi connectivity index (χ2v) is 6.16. The molecule has 0 aliphatic heterocycles. The maximum Gasteiger partial charge on any atom is 0.340 e. The number of ether oxygens (including phenoxy) is 1. The lowest BCUT2D eigenvalue weighted by atomic mass is 9.92. The van der Waals surface area contributed by atoms with Gasteiger partial charge in [-0.3, -0.25) is 15.1 Å². The zero-order valence-electron chi connectivity index (χ0n) is 15.6. The average Bonchev–Trinajstić information content (AvgIpc) is 2.64. The van der Waals surface area contributed by atoms with Gasteiger partial charge in [0.1, 0.15) is 6.61 Å². The molecule has 1 N–H and O–H groups in total. The summed E-state index contributed by atoms with van der Waals surface area (Å²) in [6.45, 7) is 4.37. The van der Waals surface area contributed by atoms with Gasteiger partial charge >= 0.3 is 5.97 Å². The number of aryl methyl sites for hydroxylation is 2. The van der Waals surface area contributed by atoms with E-state index in [1.54, 1.807) is 6.92 Å². The van der Waals surface area contributed by atoms with Crippen molar-refractivity contribution in [3.05, 3.63) is 56.9 Å². The van der Waals surface area contributed by atoms with Crippen molar-refractivity contribution in [3.63, 3.8) is 0 Å². The summed E-state index contributed by atoms with van der Waals surface area (Å²) in [4.78, 5) is 39.0. The van der Waals surface area contributed by atoms with E-state index in [1.807, 2.05) is 0 Å². The number of hydrogen-bond acceptors (Lipinski definition) is 8. The van der Waals surface area contributed by atoms with Crippen LogP contribution in [0.15, 0.2) is 24.3 Å². The van der Waals surface area contributed by atoms with Crippen LogP contribution in [0, 0.1) is 24.0 Å². The fourth-order valence-corrected chi connectivity index (χ4v) is 2.78. The Morgan fingerprint density at radius 1 is 1.25 bits per heavy atom. The molecule has 1 heterocycles. The molecule has 2 aromatic rings. The third kappa shape index (κ3) is 4.32. The monoisotopic (exact) mass is 387 g/mol. The Morgan fingerprint density at radius 3 is 2.46 bits per heavy atom. The third-order valence-electron chi connectivity index (χ3n) is 4.19. The minimum Gasteiger partial charge on any atom is -0.545 e. The van der Waals surface area contributed by atoms with Gasteiger partial charge in [0.15, 0.2) is 0 Å². The summed E-state index contributed by atoms with van der Waals surface area (Å²) in [5.41, 5.74) is -0.392. The number of aliphatic hydroxyl groups is 1. The molecular weight excluding hydrogens is 368 g/mol. The summed E-state index contributed by atoms with van der Waals surface area (Å²) >= 11 is 0. The van der Waals surface area contributed by atoms with Crippen LogP contribution in [0.25, 0.3) is 11.1 Å². The first-order valence-corrected chi connectivity index (χ1v) is 8.49. The fourth-order valence-electron chi connectivity index (χ4n) is 2.78. The van der Waals surface area contributed by atoms with Crippen molar-refractivity contribution in [3.8, 4) is 11.1 Å². The highest BCUT2D eigenvalue weighted by Crippen LogP contribution is 2.33. The molecule has 1 atom stereocenters. The van der Waals surface area contributed by atoms with E-state index in [4.69, 9.17) is 4.74 Å². The van der Waals surface area contributed by atoms with Crippen LogP contribution in [0.5, 0.6) is 0 Å². The number of nitro benzene ring substituents is 1. The summed E-state index contributed by atoms with van der Waals surface area (Å²) in [6, 6.07) is 5.25. The molecule has 0 amide bonds. The number of pyridine rings is 1. The van der Waals surface area contributed by atoms with E-state index in [0.29, 0.717) is 6.42 Å². The van der Waals surface area contributed by atoms with Crippen LogP contribution in [-0.2, 0) is 4.74 Å². The fraction of sp³-hybridized carbons (Fsp3) is 0.316. The molecule has 148 valence electrons. The highest BCUT2D eigenvalue weighted by molar-refractivity contribution is 6.06. The molecule has 0 saturated carbocycles. The van der Waals surface area contributed by atoms with E-state index in [9.17, 15) is 29.9 Å². The van der Waals surface area contributed by atoms with Crippen molar-refractivity contribution < 1.29 is 29.5 Å². The molecule has 0 saturated heterocycles. The summed E-state index contributed by atoms with van der Waals surface area (Å²) in [7, 11) is 0. The smallest absolute Gasteiger partial charge is 0.340 e. The first kappa shape index (κ1) is 21.0. The van der Waals surface area contributed by atoms with Gasteiger partial charge in [-0.15, -0.1) is 0 Å². The Kier molecular flexibility index (Phi) is 6.42. The Labute approximate surface area is 160 Å². The number of carbonyl (C=O) groups excluding carboxylic acids is 2. The number of nitrogens with zero attached hydrogens (tertiary/aromatic N) is 2. The molecular formula is C19H19N2O7-. The summed E-state index contributed by atoms with van der Waals surface area (Å²) in [5, 5.41) is 32.5. The van der Waals surface area contributed by atoms with E-state index >= 15 is 0 Å². The van der Waals surface area contributed by atoms with Crippen LogP contribution in [0.2, 0.25) is 0 Å². The topological polar surface area (TPSA) is 143 Å². The average molecular weight is 387 g/mol. The van der Waals surface area contributed by atoms with Crippen LogP contribution in [-0.4, -0.2) is 39.7 Å². The molecule has 9 heteroatoms. The van der Waals surface area contributed by atoms with Crippen molar-refractivity contribution in [2.24, 2.45) is 0 Å². The largest absolute Gasteiger partial charge is 0.545 e. The number of benzene rings is 1. The van der Waals surface area contributed by atoms with Crippen molar-refractivity contribution in [2.45, 2.75) is 33.3 Å². The molecule has 0 radical (unpaired) electrons. The minimum atomic E-state index is -1.57. The number of carboxylic acids is 1. The lowest BCUT2D eigenvalue weighted by Crippen LogP contribution is -2.27. The van der Waals surface area contributed by atoms with Gasteiger partial charge in [0.05, 0.1) is 28.3 Å². The molecule has 1 aromatic heterocycles. The van der Waals surface area contributed by atoms with Crippen LogP contribution in [0.1, 0.15) is 45.4 Å². The van der Waals surface area contributed by atoms with Gasteiger partial charge < -0.3 is 19.7 Å². The van der Waals surface area contributed by atoms with Gasteiger partial charge in [0.2, 0.25) is 0 Å². The molecule has 28 heavy (non-hydrogen) atoms. The van der Waals surface area contributed by atoms with E-state index in [1.165, 1.54) is 38.1 Å². The predicted molar refractivity (Wildman–Crippen MR) is 96.7 cm³/mol. The molecule has 2 rings (SSSR count). The summed E-state index contributed by atoms with van der Waals surface area (Å²) in [5.74, 6) is -2.46. The maximum atomic E-state index is 12.7. The number of aliphatic hydroxyl groups excluding tert-OH is 1. The molecule has 0 bridgehead atoms. The van der Waals surface area contributed by atoms with Gasteiger partial charge in [-0.25, -0.2) is 4.79 Å². The molecule has 0 spiro atoms. The number of rotatable bonds is 7. The van der Waals surface area contributed by atoms with Crippen molar-refractivity contribution in [1.82, 2.24) is 4.98 Å². The number of hydrogen-bond donors (Lipinski definition) is 1. The van der Waals surface area contributed by atoms with E-state index in [2.05, 4.69) is 4.98 Å². The van der Waals surface area contributed by atoms with Gasteiger partial charge in [-0.1, -0.05) is 19.1 Å².